The Hall–Kier alpha value is -0.160. The Bertz CT molecular complexity index is 343. The lowest BCUT2D eigenvalue weighted by Crippen LogP contribution is -2.67. The number of hydrogen-bond donors (Lipinski definition) is 1. The van der Waals surface area contributed by atoms with Crippen LogP contribution in [0, 0.1) is 5.92 Å². The smallest absolute Gasteiger partial charge is 0.122 e. The molecule has 1 aliphatic heterocycles. The molecule has 1 saturated carbocycles. The third kappa shape index (κ3) is 4.72. The maximum atomic E-state index is 11.7. The molecule has 142 valence electrons. The molecule has 2 aliphatic rings. The van der Waals surface area contributed by atoms with E-state index in [1.54, 1.807) is 0 Å². The molecule has 1 heterocycles. The Morgan fingerprint density at radius 3 is 2.25 bits per heavy atom. The first kappa shape index (κ1) is 20.2. The minimum Gasteiger partial charge on any atom is -0.384 e. The summed E-state index contributed by atoms with van der Waals surface area (Å²) in [6, 6.07) is 0. The van der Waals surface area contributed by atoms with E-state index in [0.29, 0.717) is 19.8 Å². The lowest BCUT2D eigenvalue weighted by molar-refractivity contribution is -0.281. The second-order valence-electron chi connectivity index (χ2n) is 7.61. The number of rotatable bonds is 9. The fraction of sp³-hybridized carbons (Fsp3) is 1.00. The maximum absolute atomic E-state index is 11.7. The minimum absolute atomic E-state index is 0.156. The molecule has 1 aliphatic carbocycles. The molecule has 3 unspecified atom stereocenters. The molecule has 0 aromatic rings. The summed E-state index contributed by atoms with van der Waals surface area (Å²) in [5.41, 5.74) is -0.927. The van der Waals surface area contributed by atoms with Crippen LogP contribution in [-0.4, -0.2) is 48.8 Å². The number of aliphatic hydroxyl groups is 1. The van der Waals surface area contributed by atoms with Crippen LogP contribution >= 0.6 is 0 Å². The summed E-state index contributed by atoms with van der Waals surface area (Å²) in [6.45, 7) is 8.27. The van der Waals surface area contributed by atoms with E-state index in [1.165, 1.54) is 19.3 Å². The van der Waals surface area contributed by atoms with E-state index in [4.69, 9.17) is 14.2 Å². The SMILES string of the molecule is CCCCOC1COC(C)[C@](O)(C2CCCCC2)C1OCCCC. The van der Waals surface area contributed by atoms with E-state index >= 15 is 0 Å². The summed E-state index contributed by atoms with van der Waals surface area (Å²) in [5, 5.41) is 11.7. The highest BCUT2D eigenvalue weighted by Crippen LogP contribution is 2.42. The molecule has 1 saturated heterocycles. The van der Waals surface area contributed by atoms with Gasteiger partial charge in [0, 0.05) is 13.2 Å². The minimum atomic E-state index is -0.927. The second kappa shape index (κ2) is 10.1. The fourth-order valence-electron chi connectivity index (χ4n) is 4.23. The Morgan fingerprint density at radius 2 is 1.62 bits per heavy atom. The lowest BCUT2D eigenvalue weighted by Gasteiger charge is -2.52. The highest BCUT2D eigenvalue weighted by atomic mass is 16.6. The van der Waals surface area contributed by atoms with Crippen molar-refractivity contribution in [3.05, 3.63) is 0 Å². The Labute approximate surface area is 148 Å². The van der Waals surface area contributed by atoms with Crippen molar-refractivity contribution in [3.8, 4) is 0 Å². The van der Waals surface area contributed by atoms with Crippen molar-refractivity contribution in [2.45, 2.75) is 102 Å². The molecular weight excluding hydrogens is 304 g/mol. The lowest BCUT2D eigenvalue weighted by atomic mass is 9.69. The van der Waals surface area contributed by atoms with E-state index in [-0.39, 0.29) is 24.2 Å². The van der Waals surface area contributed by atoms with Crippen molar-refractivity contribution < 1.29 is 19.3 Å². The van der Waals surface area contributed by atoms with Crippen LogP contribution in [0.15, 0.2) is 0 Å². The van der Waals surface area contributed by atoms with Crippen LogP contribution in [-0.2, 0) is 14.2 Å². The summed E-state index contributed by atoms with van der Waals surface area (Å²) in [5.74, 6) is 0.255. The third-order valence-electron chi connectivity index (χ3n) is 5.84. The van der Waals surface area contributed by atoms with Gasteiger partial charge in [-0.3, -0.25) is 0 Å². The number of unbranched alkanes of at least 4 members (excludes halogenated alkanes) is 2. The maximum Gasteiger partial charge on any atom is 0.122 e. The van der Waals surface area contributed by atoms with Crippen molar-refractivity contribution in [1.82, 2.24) is 0 Å². The van der Waals surface area contributed by atoms with Crippen LogP contribution in [0.4, 0.5) is 0 Å². The molecule has 1 N–H and O–H groups in total. The van der Waals surface area contributed by atoms with Crippen LogP contribution in [0.2, 0.25) is 0 Å². The van der Waals surface area contributed by atoms with Gasteiger partial charge in [-0.2, -0.15) is 0 Å². The summed E-state index contributed by atoms with van der Waals surface area (Å²) in [4.78, 5) is 0. The van der Waals surface area contributed by atoms with Crippen LogP contribution < -0.4 is 0 Å². The highest BCUT2D eigenvalue weighted by Gasteiger charge is 2.55. The summed E-state index contributed by atoms with van der Waals surface area (Å²) in [6.07, 6.45) is 9.45. The first-order valence-electron chi connectivity index (χ1n) is 10.2. The van der Waals surface area contributed by atoms with E-state index in [0.717, 1.165) is 38.5 Å². The molecule has 0 aromatic carbocycles. The molecule has 0 spiro atoms. The van der Waals surface area contributed by atoms with Gasteiger partial charge in [0.25, 0.3) is 0 Å². The van der Waals surface area contributed by atoms with E-state index < -0.39 is 5.60 Å². The first-order chi connectivity index (χ1) is 11.6. The molecule has 0 amide bonds. The summed E-state index contributed by atoms with van der Waals surface area (Å²) in [7, 11) is 0. The molecule has 2 fully saturated rings. The van der Waals surface area contributed by atoms with Gasteiger partial charge in [-0.15, -0.1) is 0 Å². The monoisotopic (exact) mass is 342 g/mol. The molecule has 4 heteroatoms. The van der Waals surface area contributed by atoms with Crippen LogP contribution in [0.25, 0.3) is 0 Å². The second-order valence-corrected chi connectivity index (χ2v) is 7.61. The molecule has 2 rings (SSSR count). The van der Waals surface area contributed by atoms with Crippen LogP contribution in [0.5, 0.6) is 0 Å². The van der Waals surface area contributed by atoms with Gasteiger partial charge in [-0.25, -0.2) is 0 Å². The zero-order valence-electron chi connectivity index (χ0n) is 16.0. The van der Waals surface area contributed by atoms with Gasteiger partial charge in [-0.1, -0.05) is 46.0 Å². The van der Waals surface area contributed by atoms with Gasteiger partial charge in [-0.05, 0) is 38.5 Å². The van der Waals surface area contributed by atoms with Gasteiger partial charge in [0.2, 0.25) is 0 Å². The van der Waals surface area contributed by atoms with Gasteiger partial charge in [0.05, 0.1) is 12.7 Å². The quantitative estimate of drug-likeness (QED) is 0.641. The molecule has 0 radical (unpaired) electrons. The topological polar surface area (TPSA) is 47.9 Å². The zero-order valence-corrected chi connectivity index (χ0v) is 16.0. The van der Waals surface area contributed by atoms with E-state index in [1.807, 2.05) is 6.92 Å². The van der Waals surface area contributed by atoms with E-state index in [2.05, 4.69) is 13.8 Å². The van der Waals surface area contributed by atoms with Gasteiger partial charge >= 0.3 is 0 Å². The van der Waals surface area contributed by atoms with Gasteiger partial charge < -0.3 is 19.3 Å². The molecule has 0 bridgehead atoms. The molecule has 0 aromatic heterocycles. The van der Waals surface area contributed by atoms with Gasteiger partial charge in [0.15, 0.2) is 0 Å². The van der Waals surface area contributed by atoms with Crippen LogP contribution in [0.3, 0.4) is 0 Å². The average Bonchev–Trinajstić information content (AvgIpc) is 2.61. The summed E-state index contributed by atoms with van der Waals surface area (Å²) < 4.78 is 18.3. The Balaban J connectivity index is 2.13. The average molecular weight is 343 g/mol. The number of hydrogen-bond acceptors (Lipinski definition) is 4. The van der Waals surface area contributed by atoms with E-state index in [9.17, 15) is 5.11 Å². The molecule has 4 nitrogen and oxygen atoms in total. The zero-order chi connectivity index (χ0) is 17.4. The standard InChI is InChI=1S/C20H38O4/c1-4-6-13-22-18-15-24-16(3)20(21,17-11-9-8-10-12-17)19(18)23-14-7-5-2/h16-19,21H,4-15H2,1-3H3/t16?,18?,19?,20-/m0/s1. The van der Waals surface area contributed by atoms with Gasteiger partial charge in [0.1, 0.15) is 17.8 Å². The predicted octanol–water partition coefficient (Wildman–Crippen LogP) is 4.09. The predicted molar refractivity (Wildman–Crippen MR) is 96.2 cm³/mol. The van der Waals surface area contributed by atoms with Crippen molar-refractivity contribution in [3.63, 3.8) is 0 Å². The van der Waals surface area contributed by atoms with Crippen molar-refractivity contribution in [2.75, 3.05) is 19.8 Å². The fourth-order valence-corrected chi connectivity index (χ4v) is 4.23. The largest absolute Gasteiger partial charge is 0.384 e. The normalized spacial score (nSPS) is 35.2. The van der Waals surface area contributed by atoms with Crippen molar-refractivity contribution >= 4 is 0 Å². The third-order valence-corrected chi connectivity index (χ3v) is 5.84. The molecule has 24 heavy (non-hydrogen) atoms. The van der Waals surface area contributed by atoms with Crippen LogP contribution in [0.1, 0.15) is 78.6 Å². The molecule has 4 atom stereocenters. The first-order valence-corrected chi connectivity index (χ1v) is 10.2. The molecular formula is C20H38O4. The summed E-state index contributed by atoms with van der Waals surface area (Å²) >= 11 is 0. The highest BCUT2D eigenvalue weighted by molar-refractivity contribution is 5.05. The Kier molecular flexibility index (Phi) is 8.48. The van der Waals surface area contributed by atoms with Crippen molar-refractivity contribution in [1.29, 1.82) is 0 Å². The number of ether oxygens (including phenoxy) is 3. The van der Waals surface area contributed by atoms with Crippen molar-refractivity contribution in [2.24, 2.45) is 5.92 Å². The Morgan fingerprint density at radius 1 is 1.00 bits per heavy atom.